The number of fused-ring (bicyclic) bond motifs is 10. The summed E-state index contributed by atoms with van der Waals surface area (Å²) in [5.41, 5.74) is -0.548. The summed E-state index contributed by atoms with van der Waals surface area (Å²) < 4.78 is 38.9. The molecule has 66 heavy (non-hydrogen) atoms. The molecule has 16 heteroatoms. The number of aliphatic hydroxyl groups is 1. The number of hydrogen-bond donors (Lipinski definition) is 3. The van der Waals surface area contributed by atoms with Crippen LogP contribution in [0.2, 0.25) is 0 Å². The number of carbonyl (C=O) groups is 4. The minimum Gasteiger partial charge on any atom is -0.503 e. The van der Waals surface area contributed by atoms with Crippen molar-refractivity contribution in [3.8, 4) is 5.75 Å². The predicted octanol–water partition coefficient (Wildman–Crippen LogP) is 6.25. The van der Waals surface area contributed by atoms with Gasteiger partial charge < -0.3 is 34.5 Å². The van der Waals surface area contributed by atoms with Gasteiger partial charge in [-0.2, -0.15) is 0 Å². The Morgan fingerprint density at radius 3 is 2.35 bits per heavy atom. The fourth-order valence-electron chi connectivity index (χ4n) is 11.1. The molecule has 0 spiro atoms. The van der Waals surface area contributed by atoms with E-state index < -0.39 is 34.3 Å². The number of halogens is 2. The van der Waals surface area contributed by atoms with Gasteiger partial charge in [0.2, 0.25) is 5.43 Å². The minimum atomic E-state index is -0.950. The highest BCUT2D eigenvalue weighted by atomic mass is 19.1. The van der Waals surface area contributed by atoms with Gasteiger partial charge in [-0.3, -0.25) is 29.0 Å². The number of piperidine rings is 1. The van der Waals surface area contributed by atoms with E-state index in [0.29, 0.717) is 43.0 Å². The van der Waals surface area contributed by atoms with E-state index >= 15 is 0 Å². The van der Waals surface area contributed by atoms with Crippen LogP contribution < -0.4 is 10.7 Å². The number of amides is 3. The van der Waals surface area contributed by atoms with Gasteiger partial charge in [0, 0.05) is 60.9 Å². The molecule has 14 nitrogen and oxygen atoms in total. The first-order valence-corrected chi connectivity index (χ1v) is 23.0. The minimum absolute atomic E-state index is 0.00471. The molecule has 3 saturated heterocycles. The molecule has 3 N–H and O–H groups in total. The molecule has 0 unspecified atom stereocenters. The van der Waals surface area contributed by atoms with Gasteiger partial charge >= 0.3 is 12.1 Å². The Hall–Kier alpha value is -5.87. The molecule has 7 aliphatic rings. The highest BCUT2D eigenvalue weighted by Gasteiger charge is 2.52. The van der Waals surface area contributed by atoms with Crippen LogP contribution in [0.5, 0.6) is 5.75 Å². The molecular formula is C50H59F2N5O9. The van der Waals surface area contributed by atoms with Crippen molar-refractivity contribution in [1.82, 2.24) is 24.6 Å². The quantitative estimate of drug-likeness (QED) is 0.173. The second-order valence-corrected chi connectivity index (χ2v) is 19.2. The van der Waals surface area contributed by atoms with Crippen molar-refractivity contribution in [3.05, 3.63) is 123 Å². The van der Waals surface area contributed by atoms with Gasteiger partial charge in [0.05, 0.1) is 31.3 Å². The number of benzene rings is 2. The molecule has 5 heterocycles. The summed E-state index contributed by atoms with van der Waals surface area (Å²) in [6.45, 7) is 10.2. The van der Waals surface area contributed by atoms with E-state index in [1.165, 1.54) is 22.4 Å². The topological polar surface area (TPSA) is 171 Å². The summed E-state index contributed by atoms with van der Waals surface area (Å²) in [5, 5.41) is 22.2. The normalized spacial score (nSPS) is 27.7. The van der Waals surface area contributed by atoms with Gasteiger partial charge in [-0.15, -0.1) is 0 Å². The molecule has 1 aromatic heterocycles. The molecule has 1 saturated carbocycles. The number of aliphatic hydroxyl groups excluding tert-OH is 1. The monoisotopic (exact) mass is 911 g/mol. The van der Waals surface area contributed by atoms with Crippen LogP contribution in [0.25, 0.3) is 0 Å². The van der Waals surface area contributed by atoms with E-state index in [1.54, 1.807) is 9.80 Å². The van der Waals surface area contributed by atoms with Gasteiger partial charge in [-0.05, 0) is 84.3 Å². The van der Waals surface area contributed by atoms with Crippen molar-refractivity contribution < 1.29 is 47.6 Å². The second kappa shape index (κ2) is 18.8. The third-order valence-corrected chi connectivity index (χ3v) is 14.1. The lowest BCUT2D eigenvalue weighted by Gasteiger charge is -2.40. The van der Waals surface area contributed by atoms with Crippen molar-refractivity contribution in [2.75, 3.05) is 13.2 Å². The zero-order valence-electron chi connectivity index (χ0n) is 37.9. The Labute approximate surface area is 382 Å². The Morgan fingerprint density at radius 2 is 1.65 bits per heavy atom. The zero-order valence-corrected chi connectivity index (χ0v) is 37.9. The van der Waals surface area contributed by atoms with Crippen molar-refractivity contribution in [2.45, 2.75) is 128 Å². The number of nitrogens with one attached hydrogen (secondary N) is 1. The maximum absolute atomic E-state index is 13.8. The number of pyridine rings is 1. The van der Waals surface area contributed by atoms with E-state index in [-0.39, 0.29) is 84.2 Å². The fourth-order valence-corrected chi connectivity index (χ4v) is 11.1. The summed E-state index contributed by atoms with van der Waals surface area (Å²) in [5.74, 6) is -2.58. The lowest BCUT2D eigenvalue weighted by molar-refractivity contribution is -0.150. The highest BCUT2D eigenvalue weighted by molar-refractivity contribution is 5.99. The third-order valence-electron chi connectivity index (χ3n) is 14.1. The van der Waals surface area contributed by atoms with Crippen LogP contribution >= 0.6 is 0 Å². The van der Waals surface area contributed by atoms with E-state index in [2.05, 4.69) is 59.6 Å². The molecule has 2 aromatic carbocycles. The maximum Gasteiger partial charge on any atom is 0.411 e. The molecule has 0 radical (unpaired) electrons. The Morgan fingerprint density at radius 1 is 0.939 bits per heavy atom. The summed E-state index contributed by atoms with van der Waals surface area (Å²) >= 11 is 0. The third kappa shape index (κ3) is 9.01. The Balaban J connectivity index is 0.000000143. The van der Waals surface area contributed by atoms with Crippen LogP contribution in [-0.4, -0.2) is 108 Å². The summed E-state index contributed by atoms with van der Waals surface area (Å²) in [6, 6.07) is 14.0. The zero-order chi connectivity index (χ0) is 47.2. The molecular weight excluding hydrogens is 853 g/mol. The number of aromatic hydroxyl groups is 1. The largest absolute Gasteiger partial charge is 0.503 e. The first kappa shape index (κ1) is 46.7. The summed E-state index contributed by atoms with van der Waals surface area (Å²) in [7, 11) is 0. The summed E-state index contributed by atoms with van der Waals surface area (Å²) in [4.78, 5) is 68.1. The average molecular weight is 912 g/mol. The average Bonchev–Trinajstić information content (AvgIpc) is 4.17. The van der Waals surface area contributed by atoms with E-state index in [4.69, 9.17) is 9.47 Å². The molecule has 3 amide bonds. The van der Waals surface area contributed by atoms with Crippen molar-refractivity contribution >= 4 is 23.9 Å². The van der Waals surface area contributed by atoms with Crippen LogP contribution in [0.4, 0.5) is 13.6 Å². The first-order chi connectivity index (χ1) is 31.5. The summed E-state index contributed by atoms with van der Waals surface area (Å²) in [6.07, 6.45) is 14.4. The number of likely N-dealkylation sites (tertiary alicyclic amines) is 2. The van der Waals surface area contributed by atoms with Gasteiger partial charge in [-0.1, -0.05) is 60.7 Å². The number of carbonyl (C=O) groups excluding carboxylic acids is 4. The molecule has 352 valence electrons. The second-order valence-electron chi connectivity index (χ2n) is 19.2. The van der Waals surface area contributed by atoms with Crippen LogP contribution in [0.3, 0.4) is 0 Å². The molecule has 3 aliphatic carbocycles. The number of hydrogen-bond acceptors (Lipinski definition) is 10. The van der Waals surface area contributed by atoms with E-state index in [1.807, 2.05) is 39.8 Å². The van der Waals surface area contributed by atoms with Gasteiger partial charge in [0.1, 0.15) is 28.8 Å². The van der Waals surface area contributed by atoms with Crippen LogP contribution in [0.1, 0.15) is 105 Å². The number of ether oxygens (including phenoxy) is 2. The molecule has 4 fully saturated rings. The van der Waals surface area contributed by atoms with Gasteiger partial charge in [0.15, 0.2) is 11.4 Å². The van der Waals surface area contributed by atoms with Crippen molar-refractivity contribution in [2.24, 2.45) is 17.8 Å². The van der Waals surface area contributed by atoms with Crippen LogP contribution in [-0.2, 0) is 27.4 Å². The first-order valence-electron chi connectivity index (χ1n) is 23.0. The molecule has 10 rings (SSSR count). The standard InChI is InChI=1S/C21H19F2N3O4.C17H21NO2.C12H19NO3/c22-12-3-1-11(15(23)6-12)7-24-20(29)14-8-25-9-16-10-2-4-13(5-10)26(16)21(30)17(25)19(28)18(14)27;1-3-20-17(19)16-14-9-10-15(11-14)18(16)12(2)13-7-5-4-6-8-13;1-12(2,3)16-11(15)13-9-5-4-8(6-9)10(13)7-14/h1,3,6,8,10,13,16,28H,2,4-5,7,9H2,(H,24,29);4-10,12,14-16H,3,11H2,1-2H3;4-5,8-10,14H,6-7H2,1-3H3/t10-,13+,16-;12-,14+,15-,16+;8-,9+,10-/m010/s1. The number of nitrogens with zero attached hydrogens (tertiary/aromatic N) is 4. The molecule has 3 aromatic rings. The number of rotatable bonds is 8. The molecule has 4 aliphatic heterocycles. The Kier molecular flexibility index (Phi) is 13.3. The lowest BCUT2D eigenvalue weighted by Crippen LogP contribution is -2.52. The molecule has 6 bridgehead atoms. The smallest absolute Gasteiger partial charge is 0.411 e. The fraction of sp³-hybridized carbons (Fsp3) is 0.500. The van der Waals surface area contributed by atoms with E-state index in [9.17, 15) is 43.0 Å². The number of esters is 1. The number of aromatic nitrogens is 1. The lowest BCUT2D eigenvalue weighted by atomic mass is 9.95. The van der Waals surface area contributed by atoms with Crippen molar-refractivity contribution in [3.63, 3.8) is 0 Å². The molecule has 10 atom stereocenters. The van der Waals surface area contributed by atoms with Crippen LogP contribution in [0, 0.1) is 29.4 Å². The van der Waals surface area contributed by atoms with E-state index in [0.717, 1.165) is 38.2 Å². The maximum atomic E-state index is 13.8. The van der Waals surface area contributed by atoms with Gasteiger partial charge in [0.25, 0.3) is 11.8 Å². The predicted molar refractivity (Wildman–Crippen MR) is 239 cm³/mol. The SMILES string of the molecule is CC(C)(C)OC(=O)N1[C@@H]2C=C[C@@H](C2)[C@@H]1CO.CCOC(=O)[C@@H]1[C@H]2C=C[C@H](C2)N1[C@H](C)c1ccccc1.O=C(NCc1ccc(F)cc1F)c1cn2c(c(O)c1=O)C(=O)N1[C@@H]3CC[C@@H](C3)[C@@H]1C2. The van der Waals surface area contributed by atoms with Crippen LogP contribution in [0.15, 0.2) is 83.8 Å². The van der Waals surface area contributed by atoms with Crippen molar-refractivity contribution in [1.29, 1.82) is 0 Å². The van der Waals surface area contributed by atoms with Gasteiger partial charge in [-0.25, -0.2) is 13.6 Å². The Bertz CT molecular complexity index is 2470. The highest BCUT2D eigenvalue weighted by Crippen LogP contribution is 2.46.